The molecule has 29 heavy (non-hydrogen) atoms. The molecule has 1 saturated heterocycles. The molecule has 2 aromatic heterocycles. The van der Waals surface area contributed by atoms with E-state index in [-0.39, 0.29) is 35.5 Å². The Balaban J connectivity index is 1.55. The zero-order valence-corrected chi connectivity index (χ0v) is 17.0. The molecule has 0 saturated carbocycles. The van der Waals surface area contributed by atoms with E-state index in [4.69, 9.17) is 4.74 Å². The Morgan fingerprint density at radius 1 is 1.24 bits per heavy atom. The van der Waals surface area contributed by atoms with E-state index in [9.17, 15) is 9.59 Å². The third kappa shape index (κ3) is 3.45. The Kier molecular flexibility index (Phi) is 5.22. The highest BCUT2D eigenvalue weighted by Gasteiger charge is 2.46. The first-order valence-corrected chi connectivity index (χ1v) is 10.1. The van der Waals surface area contributed by atoms with E-state index in [0.29, 0.717) is 31.1 Å². The Labute approximate surface area is 170 Å². The summed E-state index contributed by atoms with van der Waals surface area (Å²) >= 11 is 0. The van der Waals surface area contributed by atoms with Crippen LogP contribution in [0, 0.1) is 30.6 Å². The molecule has 0 N–H and O–H groups in total. The zero-order valence-electron chi connectivity index (χ0n) is 17.0. The lowest BCUT2D eigenvalue weighted by Crippen LogP contribution is -2.37. The highest BCUT2D eigenvalue weighted by atomic mass is 16.5. The molecular formula is C22H26N4O3. The largest absolute Gasteiger partial charge is 0.466 e. The van der Waals surface area contributed by atoms with Crippen LogP contribution in [0.2, 0.25) is 0 Å². The maximum absolute atomic E-state index is 13.3. The monoisotopic (exact) mass is 394 g/mol. The average Bonchev–Trinajstić information content (AvgIpc) is 3.32. The second-order valence-corrected chi connectivity index (χ2v) is 7.80. The van der Waals surface area contributed by atoms with Crippen molar-refractivity contribution in [1.29, 1.82) is 0 Å². The van der Waals surface area contributed by atoms with Crippen LogP contribution in [0.15, 0.2) is 42.7 Å². The number of ether oxygens (including phenoxy) is 1. The van der Waals surface area contributed by atoms with Crippen molar-refractivity contribution < 1.29 is 14.3 Å². The number of hydrogen-bond donors (Lipinski definition) is 0. The minimum Gasteiger partial charge on any atom is -0.466 e. The third-order valence-corrected chi connectivity index (χ3v) is 6.05. The number of rotatable bonds is 4. The first-order valence-electron chi connectivity index (χ1n) is 10.1. The number of fused-ring (bicyclic) bond motifs is 1. The Hall–Kier alpha value is -2.96. The van der Waals surface area contributed by atoms with E-state index >= 15 is 0 Å². The van der Waals surface area contributed by atoms with Gasteiger partial charge in [0.05, 0.1) is 30.0 Å². The Morgan fingerprint density at radius 3 is 2.79 bits per heavy atom. The molecule has 2 aliphatic rings. The summed E-state index contributed by atoms with van der Waals surface area (Å²) in [4.78, 5) is 31.9. The quantitative estimate of drug-likeness (QED) is 0.589. The van der Waals surface area contributed by atoms with E-state index in [1.165, 1.54) is 0 Å². The number of amides is 1. The molecule has 0 spiro atoms. The van der Waals surface area contributed by atoms with Crippen LogP contribution in [0.1, 0.15) is 29.9 Å². The first kappa shape index (κ1) is 19.4. The van der Waals surface area contributed by atoms with Crippen LogP contribution in [-0.4, -0.2) is 51.2 Å². The van der Waals surface area contributed by atoms with Gasteiger partial charge in [-0.25, -0.2) is 9.67 Å². The van der Waals surface area contributed by atoms with Gasteiger partial charge in [0.25, 0.3) is 5.91 Å². The molecule has 0 unspecified atom stereocenters. The van der Waals surface area contributed by atoms with Crippen LogP contribution in [0.3, 0.4) is 0 Å². The van der Waals surface area contributed by atoms with Gasteiger partial charge in [-0.05, 0) is 43.7 Å². The summed E-state index contributed by atoms with van der Waals surface area (Å²) in [6, 6.07) is 5.59. The van der Waals surface area contributed by atoms with Crippen molar-refractivity contribution >= 4 is 11.9 Å². The van der Waals surface area contributed by atoms with Gasteiger partial charge >= 0.3 is 5.97 Å². The van der Waals surface area contributed by atoms with Crippen LogP contribution in [0.5, 0.6) is 0 Å². The van der Waals surface area contributed by atoms with Crippen LogP contribution in [0.4, 0.5) is 0 Å². The van der Waals surface area contributed by atoms with Crippen LogP contribution in [-0.2, 0) is 9.53 Å². The molecule has 7 nitrogen and oxygen atoms in total. The standard InChI is InChI=1S/C22H26N4O3/c1-4-29-22(28)20-14(2)8-9-16-12-25(13-18(16)20)21(27)17-11-24-26(15(17)3)19-7-5-6-10-23-19/h5-11,14,16,18,20H,4,12-13H2,1-3H3/t14-,16-,18-,20-/m0/s1. The lowest BCUT2D eigenvalue weighted by Gasteiger charge is -2.31. The highest BCUT2D eigenvalue weighted by molar-refractivity contribution is 5.95. The van der Waals surface area contributed by atoms with Gasteiger partial charge in [-0.1, -0.05) is 25.1 Å². The molecule has 1 fully saturated rings. The number of carbonyl (C=O) groups excluding carboxylic acids is 2. The SMILES string of the molecule is CCOC(=O)[C@@H]1[C@H]2CN(C(=O)c3cnn(-c4ccccn4)c3C)C[C@@H]2C=C[C@@H]1C. The van der Waals surface area contributed by atoms with Gasteiger partial charge < -0.3 is 9.64 Å². The molecule has 3 heterocycles. The zero-order chi connectivity index (χ0) is 20.5. The molecule has 0 radical (unpaired) electrons. The normalized spacial score (nSPS) is 25.7. The van der Waals surface area contributed by atoms with E-state index in [0.717, 1.165) is 5.69 Å². The molecule has 1 aliphatic heterocycles. The first-order chi connectivity index (χ1) is 14.0. The summed E-state index contributed by atoms with van der Waals surface area (Å²) in [5.41, 5.74) is 1.33. The van der Waals surface area contributed by atoms with Crippen molar-refractivity contribution in [2.45, 2.75) is 20.8 Å². The highest BCUT2D eigenvalue weighted by Crippen LogP contribution is 2.40. The minimum absolute atomic E-state index is 0.0530. The maximum atomic E-state index is 13.3. The number of pyridine rings is 1. The summed E-state index contributed by atoms with van der Waals surface area (Å²) < 4.78 is 7.00. The maximum Gasteiger partial charge on any atom is 0.309 e. The second-order valence-electron chi connectivity index (χ2n) is 7.80. The van der Waals surface area contributed by atoms with E-state index < -0.39 is 0 Å². The number of nitrogens with zero attached hydrogens (tertiary/aromatic N) is 4. The summed E-state index contributed by atoms with van der Waals surface area (Å²) in [5, 5.41) is 4.37. The fourth-order valence-corrected chi connectivity index (χ4v) is 4.56. The van der Waals surface area contributed by atoms with Crippen molar-refractivity contribution in [2.24, 2.45) is 23.7 Å². The van der Waals surface area contributed by atoms with Crippen molar-refractivity contribution in [1.82, 2.24) is 19.7 Å². The van der Waals surface area contributed by atoms with Gasteiger partial charge in [-0.2, -0.15) is 5.10 Å². The van der Waals surface area contributed by atoms with Gasteiger partial charge in [0, 0.05) is 19.3 Å². The molecule has 0 aromatic carbocycles. The molecule has 152 valence electrons. The molecule has 2 aromatic rings. The molecule has 1 aliphatic carbocycles. The van der Waals surface area contributed by atoms with Crippen molar-refractivity contribution in [2.75, 3.05) is 19.7 Å². The lowest BCUT2D eigenvalue weighted by molar-refractivity contribution is -0.152. The molecule has 1 amide bonds. The summed E-state index contributed by atoms with van der Waals surface area (Å²) in [5.74, 6) is 0.632. The number of carbonyl (C=O) groups is 2. The number of allylic oxidation sites excluding steroid dienone is 1. The predicted octanol–water partition coefficient (Wildman–Crippen LogP) is 2.65. The third-order valence-electron chi connectivity index (χ3n) is 6.05. The van der Waals surface area contributed by atoms with Crippen molar-refractivity contribution in [3.8, 4) is 5.82 Å². The van der Waals surface area contributed by atoms with Gasteiger partial charge in [-0.3, -0.25) is 9.59 Å². The topological polar surface area (TPSA) is 77.3 Å². The lowest BCUT2D eigenvalue weighted by atomic mass is 9.72. The number of esters is 1. The number of hydrogen-bond acceptors (Lipinski definition) is 5. The summed E-state index contributed by atoms with van der Waals surface area (Å²) in [6.07, 6.45) is 7.55. The van der Waals surface area contributed by atoms with Crippen molar-refractivity contribution in [3.63, 3.8) is 0 Å². The van der Waals surface area contributed by atoms with Crippen LogP contribution in [0.25, 0.3) is 5.82 Å². The summed E-state index contributed by atoms with van der Waals surface area (Å²) in [6.45, 7) is 7.27. The summed E-state index contributed by atoms with van der Waals surface area (Å²) in [7, 11) is 0. The molecule has 4 atom stereocenters. The van der Waals surface area contributed by atoms with E-state index in [2.05, 4.69) is 22.2 Å². The number of aromatic nitrogens is 3. The van der Waals surface area contributed by atoms with E-state index in [1.807, 2.05) is 43.9 Å². The van der Waals surface area contributed by atoms with Crippen LogP contribution < -0.4 is 0 Å². The molecule has 7 heteroatoms. The average molecular weight is 394 g/mol. The predicted molar refractivity (Wildman–Crippen MR) is 107 cm³/mol. The fraction of sp³-hybridized carbons (Fsp3) is 0.455. The van der Waals surface area contributed by atoms with E-state index in [1.54, 1.807) is 17.1 Å². The molecular weight excluding hydrogens is 368 g/mol. The fourth-order valence-electron chi connectivity index (χ4n) is 4.56. The Morgan fingerprint density at radius 2 is 2.07 bits per heavy atom. The smallest absolute Gasteiger partial charge is 0.309 e. The van der Waals surface area contributed by atoms with Crippen molar-refractivity contribution in [3.05, 3.63) is 54.0 Å². The number of likely N-dealkylation sites (tertiary alicyclic amines) is 1. The minimum atomic E-state index is -0.208. The molecule has 0 bridgehead atoms. The second kappa shape index (κ2) is 7.81. The van der Waals surface area contributed by atoms with Gasteiger partial charge in [0.2, 0.25) is 0 Å². The van der Waals surface area contributed by atoms with Gasteiger partial charge in [0.1, 0.15) is 0 Å². The van der Waals surface area contributed by atoms with Crippen LogP contribution >= 0.6 is 0 Å². The van der Waals surface area contributed by atoms with Gasteiger partial charge in [-0.15, -0.1) is 0 Å². The Bertz CT molecular complexity index is 937. The van der Waals surface area contributed by atoms with Gasteiger partial charge in [0.15, 0.2) is 5.82 Å². The molecule has 4 rings (SSSR count).